The summed E-state index contributed by atoms with van der Waals surface area (Å²) in [6, 6.07) is 0. The third-order valence-electron chi connectivity index (χ3n) is 2.01. The molecule has 1 aliphatic heterocycles. The molecule has 0 bridgehead atoms. The largest absolute Gasteiger partial charge is 0.396 e. The van der Waals surface area contributed by atoms with Crippen LogP contribution >= 0.6 is 0 Å². The van der Waals surface area contributed by atoms with Gasteiger partial charge in [0.25, 0.3) is 5.92 Å². The Labute approximate surface area is 64.2 Å². The van der Waals surface area contributed by atoms with E-state index in [9.17, 15) is 8.78 Å². The summed E-state index contributed by atoms with van der Waals surface area (Å²) in [6.07, 6.45) is -0.0122. The molecular formula is C7H12F2O2. The summed E-state index contributed by atoms with van der Waals surface area (Å²) in [4.78, 5) is 0. The summed E-state index contributed by atoms with van der Waals surface area (Å²) in [5.74, 6) is -3.66. The highest BCUT2D eigenvalue weighted by atomic mass is 19.3. The third-order valence-corrected chi connectivity index (χ3v) is 2.01. The molecule has 11 heavy (non-hydrogen) atoms. The Kier molecular flexibility index (Phi) is 2.78. The van der Waals surface area contributed by atoms with Gasteiger partial charge >= 0.3 is 0 Å². The van der Waals surface area contributed by atoms with Crippen molar-refractivity contribution < 1.29 is 18.6 Å². The number of rotatable bonds is 1. The van der Waals surface area contributed by atoms with Crippen LogP contribution in [-0.2, 0) is 4.74 Å². The van der Waals surface area contributed by atoms with Crippen molar-refractivity contribution in [3.05, 3.63) is 0 Å². The quantitative estimate of drug-likeness (QED) is 0.630. The predicted molar refractivity (Wildman–Crippen MR) is 35.6 cm³/mol. The molecule has 1 saturated heterocycles. The monoisotopic (exact) mass is 166 g/mol. The Morgan fingerprint density at radius 1 is 1.45 bits per heavy atom. The molecule has 1 heterocycles. The first kappa shape index (κ1) is 8.87. The maximum absolute atomic E-state index is 12.9. The molecule has 1 fully saturated rings. The molecule has 1 rings (SSSR count). The molecule has 0 amide bonds. The minimum Gasteiger partial charge on any atom is -0.396 e. The second-order valence-corrected chi connectivity index (χ2v) is 2.79. The molecule has 0 aliphatic carbocycles. The number of halogens is 2. The van der Waals surface area contributed by atoms with Gasteiger partial charge in [0.15, 0.2) is 0 Å². The zero-order chi connectivity index (χ0) is 8.32. The fraction of sp³-hybridized carbons (Fsp3) is 1.00. The number of hydrogen-bond donors (Lipinski definition) is 1. The number of aliphatic hydroxyl groups is 1. The Morgan fingerprint density at radius 2 is 2.18 bits per heavy atom. The molecule has 0 spiro atoms. The summed E-state index contributed by atoms with van der Waals surface area (Å²) in [7, 11) is 0. The lowest BCUT2D eigenvalue weighted by Crippen LogP contribution is -2.30. The van der Waals surface area contributed by atoms with E-state index in [1.165, 1.54) is 0 Å². The SMILES string of the molecule is OCC1CCOCCC1(F)F. The highest BCUT2D eigenvalue weighted by Crippen LogP contribution is 2.32. The Hall–Kier alpha value is -0.220. The molecule has 1 aliphatic rings. The van der Waals surface area contributed by atoms with Gasteiger partial charge in [-0.2, -0.15) is 0 Å². The average Bonchev–Trinajstić information content (AvgIpc) is 2.10. The van der Waals surface area contributed by atoms with Crippen molar-refractivity contribution in [2.75, 3.05) is 19.8 Å². The molecule has 1 unspecified atom stereocenters. The molecular weight excluding hydrogens is 154 g/mol. The van der Waals surface area contributed by atoms with Gasteiger partial charge in [-0.3, -0.25) is 0 Å². The zero-order valence-corrected chi connectivity index (χ0v) is 6.22. The molecule has 0 saturated carbocycles. The van der Waals surface area contributed by atoms with Gasteiger partial charge in [0, 0.05) is 18.9 Å². The van der Waals surface area contributed by atoms with Gasteiger partial charge in [-0.25, -0.2) is 8.78 Å². The number of alkyl halides is 2. The lowest BCUT2D eigenvalue weighted by Gasteiger charge is -2.21. The van der Waals surface area contributed by atoms with Gasteiger partial charge in [-0.15, -0.1) is 0 Å². The van der Waals surface area contributed by atoms with E-state index in [4.69, 9.17) is 9.84 Å². The number of hydrogen-bond acceptors (Lipinski definition) is 2. The molecule has 1 N–H and O–H groups in total. The van der Waals surface area contributed by atoms with Crippen LogP contribution in [0.4, 0.5) is 8.78 Å². The Bertz CT molecular complexity index is 128. The van der Waals surface area contributed by atoms with E-state index in [-0.39, 0.29) is 19.4 Å². The van der Waals surface area contributed by atoms with Gasteiger partial charge in [0.05, 0.1) is 13.2 Å². The van der Waals surface area contributed by atoms with Crippen molar-refractivity contribution in [3.63, 3.8) is 0 Å². The van der Waals surface area contributed by atoms with Gasteiger partial charge in [0.1, 0.15) is 0 Å². The van der Waals surface area contributed by atoms with Crippen molar-refractivity contribution >= 4 is 0 Å². The molecule has 0 aromatic rings. The second kappa shape index (κ2) is 3.45. The van der Waals surface area contributed by atoms with Gasteiger partial charge in [0.2, 0.25) is 0 Å². The lowest BCUT2D eigenvalue weighted by molar-refractivity contribution is -0.0790. The molecule has 0 aromatic heterocycles. The molecule has 4 heteroatoms. The maximum atomic E-state index is 12.9. The van der Waals surface area contributed by atoms with Crippen LogP contribution in [0.1, 0.15) is 12.8 Å². The van der Waals surface area contributed by atoms with Crippen molar-refractivity contribution in [1.29, 1.82) is 0 Å². The summed E-state index contributed by atoms with van der Waals surface area (Å²) >= 11 is 0. The minimum absolute atomic E-state index is 0.101. The standard InChI is InChI=1S/C7H12F2O2/c8-7(9)2-4-11-3-1-6(7)5-10/h6,10H,1-5H2. The molecule has 1 atom stereocenters. The Balaban J connectivity index is 2.56. The van der Waals surface area contributed by atoms with E-state index in [1.54, 1.807) is 0 Å². The van der Waals surface area contributed by atoms with Crippen LogP contribution < -0.4 is 0 Å². The van der Waals surface area contributed by atoms with Crippen LogP contribution in [0.3, 0.4) is 0 Å². The minimum atomic E-state index is -2.74. The first-order valence-corrected chi connectivity index (χ1v) is 3.73. The first-order chi connectivity index (χ1) is 5.17. The van der Waals surface area contributed by atoms with Crippen molar-refractivity contribution in [1.82, 2.24) is 0 Å². The van der Waals surface area contributed by atoms with Crippen LogP contribution in [0, 0.1) is 5.92 Å². The van der Waals surface area contributed by atoms with Crippen LogP contribution in [0.2, 0.25) is 0 Å². The molecule has 0 aromatic carbocycles. The smallest absolute Gasteiger partial charge is 0.255 e. The average molecular weight is 166 g/mol. The summed E-state index contributed by atoms with van der Waals surface area (Å²) in [5.41, 5.74) is 0. The summed E-state index contributed by atoms with van der Waals surface area (Å²) in [6.45, 7) is -0.0132. The molecule has 2 nitrogen and oxygen atoms in total. The van der Waals surface area contributed by atoms with E-state index >= 15 is 0 Å². The zero-order valence-electron chi connectivity index (χ0n) is 6.22. The predicted octanol–water partition coefficient (Wildman–Crippen LogP) is 1.04. The number of ether oxygens (including phenoxy) is 1. The topological polar surface area (TPSA) is 29.5 Å². The van der Waals surface area contributed by atoms with Crippen molar-refractivity contribution in [3.8, 4) is 0 Å². The van der Waals surface area contributed by atoms with Gasteiger partial charge in [-0.1, -0.05) is 0 Å². The molecule has 0 radical (unpaired) electrons. The highest BCUT2D eigenvalue weighted by Gasteiger charge is 2.39. The normalized spacial score (nSPS) is 31.4. The van der Waals surface area contributed by atoms with Gasteiger partial charge in [-0.05, 0) is 6.42 Å². The fourth-order valence-electron chi connectivity index (χ4n) is 1.18. The third kappa shape index (κ3) is 2.10. The van der Waals surface area contributed by atoms with Crippen LogP contribution in [0.25, 0.3) is 0 Å². The van der Waals surface area contributed by atoms with Crippen LogP contribution in [0.15, 0.2) is 0 Å². The maximum Gasteiger partial charge on any atom is 0.255 e. The Morgan fingerprint density at radius 3 is 2.82 bits per heavy atom. The molecule has 66 valence electrons. The number of aliphatic hydroxyl groups excluding tert-OH is 1. The van der Waals surface area contributed by atoms with E-state index in [2.05, 4.69) is 0 Å². The van der Waals surface area contributed by atoms with Crippen molar-refractivity contribution in [2.45, 2.75) is 18.8 Å². The van der Waals surface area contributed by atoms with Gasteiger partial charge < -0.3 is 9.84 Å². The fourth-order valence-corrected chi connectivity index (χ4v) is 1.18. The first-order valence-electron chi connectivity index (χ1n) is 3.73. The van der Waals surface area contributed by atoms with E-state index in [0.717, 1.165) is 0 Å². The summed E-state index contributed by atoms with van der Waals surface area (Å²) < 4.78 is 30.6. The lowest BCUT2D eigenvalue weighted by atomic mass is 9.97. The van der Waals surface area contributed by atoms with E-state index in [1.807, 2.05) is 0 Å². The van der Waals surface area contributed by atoms with Crippen molar-refractivity contribution in [2.24, 2.45) is 5.92 Å². The summed E-state index contributed by atoms with van der Waals surface area (Å²) in [5, 5.41) is 8.62. The highest BCUT2D eigenvalue weighted by molar-refractivity contribution is 4.78. The van der Waals surface area contributed by atoms with Crippen LogP contribution in [0.5, 0.6) is 0 Å². The second-order valence-electron chi connectivity index (χ2n) is 2.79. The van der Waals surface area contributed by atoms with E-state index in [0.29, 0.717) is 6.61 Å². The van der Waals surface area contributed by atoms with E-state index < -0.39 is 18.4 Å². The van der Waals surface area contributed by atoms with Crippen LogP contribution in [-0.4, -0.2) is 30.8 Å².